The van der Waals surface area contributed by atoms with Gasteiger partial charge in [-0.15, -0.1) is 0 Å². The molecule has 0 aliphatic carbocycles. The Kier molecular flexibility index (Phi) is 5.16. The lowest BCUT2D eigenvalue weighted by molar-refractivity contribution is -0.121. The first-order valence-corrected chi connectivity index (χ1v) is 7.46. The Labute approximate surface area is 136 Å². The Balaban J connectivity index is 2.04. The average Bonchev–Trinajstić information content (AvgIpc) is 2.51. The third-order valence-electron chi connectivity index (χ3n) is 3.73. The van der Waals surface area contributed by atoms with Crippen molar-refractivity contribution in [2.24, 2.45) is 0 Å². The number of ether oxygens (including phenoxy) is 1. The van der Waals surface area contributed by atoms with Crippen molar-refractivity contribution in [3.63, 3.8) is 0 Å². The van der Waals surface area contributed by atoms with Crippen LogP contribution < -0.4 is 4.90 Å². The number of rotatable bonds is 4. The fraction of sp³-hybridized carbons (Fsp3) is 0.263. The number of benzene rings is 2. The van der Waals surface area contributed by atoms with E-state index < -0.39 is 5.97 Å². The summed E-state index contributed by atoms with van der Waals surface area (Å²) in [5.74, 6) is -0.734. The summed E-state index contributed by atoms with van der Waals surface area (Å²) in [6.07, 6.45) is 0. The van der Waals surface area contributed by atoms with Crippen molar-refractivity contribution >= 4 is 17.6 Å². The van der Waals surface area contributed by atoms with Crippen LogP contribution in [0.25, 0.3) is 0 Å². The molecule has 0 N–H and O–H groups in total. The molecular weight excluding hydrogens is 290 g/mol. The normalized spacial score (nSPS) is 10.3. The summed E-state index contributed by atoms with van der Waals surface area (Å²) in [5, 5.41) is 0. The standard InChI is InChI=1S/C19H21NO3/c1-13-10-14(2)18(15(3)11-13)19(22)23-12-17(21)20(4)16-8-6-5-7-9-16/h5-11H,12H2,1-4H3. The van der Waals surface area contributed by atoms with E-state index >= 15 is 0 Å². The number of para-hydroxylation sites is 1. The Hall–Kier alpha value is -2.62. The molecule has 0 unspecified atom stereocenters. The molecule has 0 radical (unpaired) electrons. The zero-order valence-corrected chi connectivity index (χ0v) is 13.9. The molecule has 4 nitrogen and oxygen atoms in total. The van der Waals surface area contributed by atoms with Gasteiger partial charge in [-0.25, -0.2) is 4.79 Å². The molecule has 1 amide bonds. The number of hydrogen-bond donors (Lipinski definition) is 0. The molecule has 0 aliphatic rings. The van der Waals surface area contributed by atoms with E-state index in [-0.39, 0.29) is 12.5 Å². The summed E-state index contributed by atoms with van der Waals surface area (Å²) < 4.78 is 5.20. The number of aryl methyl sites for hydroxylation is 3. The van der Waals surface area contributed by atoms with Crippen LogP contribution in [0.2, 0.25) is 0 Å². The summed E-state index contributed by atoms with van der Waals surface area (Å²) in [5.41, 5.74) is 4.10. The Bertz CT molecular complexity index is 700. The number of likely N-dealkylation sites (N-methyl/N-ethyl adjacent to an activating group) is 1. The molecule has 0 aliphatic heterocycles. The third kappa shape index (κ3) is 3.97. The Morgan fingerprint density at radius 2 is 1.57 bits per heavy atom. The number of carbonyl (C=O) groups is 2. The molecule has 0 heterocycles. The van der Waals surface area contributed by atoms with Crippen LogP contribution in [0.4, 0.5) is 5.69 Å². The van der Waals surface area contributed by atoms with Crippen molar-refractivity contribution in [3.05, 3.63) is 64.7 Å². The maximum absolute atomic E-state index is 12.3. The lowest BCUT2D eigenvalue weighted by Crippen LogP contribution is -2.31. The van der Waals surface area contributed by atoms with Crippen LogP contribution in [0.1, 0.15) is 27.0 Å². The van der Waals surface area contributed by atoms with Gasteiger partial charge in [0, 0.05) is 12.7 Å². The second-order valence-corrected chi connectivity index (χ2v) is 5.64. The predicted octanol–water partition coefficient (Wildman–Crippen LogP) is 3.43. The number of amides is 1. The second-order valence-electron chi connectivity index (χ2n) is 5.64. The molecule has 0 atom stereocenters. The fourth-order valence-corrected chi connectivity index (χ4v) is 2.59. The minimum atomic E-state index is -0.463. The Morgan fingerprint density at radius 1 is 1.00 bits per heavy atom. The smallest absolute Gasteiger partial charge is 0.339 e. The van der Waals surface area contributed by atoms with E-state index in [4.69, 9.17) is 4.74 Å². The molecule has 0 fully saturated rings. The van der Waals surface area contributed by atoms with E-state index in [1.54, 1.807) is 7.05 Å². The molecule has 0 spiro atoms. The monoisotopic (exact) mass is 311 g/mol. The molecule has 2 aromatic carbocycles. The molecule has 0 saturated heterocycles. The Morgan fingerprint density at radius 3 is 2.13 bits per heavy atom. The summed E-state index contributed by atoms with van der Waals surface area (Å²) in [7, 11) is 1.66. The van der Waals surface area contributed by atoms with Crippen LogP contribution in [-0.4, -0.2) is 25.5 Å². The van der Waals surface area contributed by atoms with Crippen molar-refractivity contribution in [2.45, 2.75) is 20.8 Å². The minimum absolute atomic E-state index is 0.271. The predicted molar refractivity (Wildman–Crippen MR) is 90.8 cm³/mol. The number of nitrogens with zero attached hydrogens (tertiary/aromatic N) is 1. The highest BCUT2D eigenvalue weighted by Gasteiger charge is 2.17. The zero-order chi connectivity index (χ0) is 17.0. The molecule has 4 heteroatoms. The second kappa shape index (κ2) is 7.09. The number of anilines is 1. The molecule has 23 heavy (non-hydrogen) atoms. The summed E-state index contributed by atoms with van der Waals surface area (Å²) in [6, 6.07) is 13.1. The van der Waals surface area contributed by atoms with Gasteiger partial charge in [0.2, 0.25) is 0 Å². The van der Waals surface area contributed by atoms with Crippen LogP contribution in [0.15, 0.2) is 42.5 Å². The largest absolute Gasteiger partial charge is 0.452 e. The topological polar surface area (TPSA) is 46.6 Å². The van der Waals surface area contributed by atoms with Gasteiger partial charge in [-0.05, 0) is 44.0 Å². The first-order chi connectivity index (χ1) is 10.9. The highest BCUT2D eigenvalue weighted by molar-refractivity contribution is 5.97. The zero-order valence-electron chi connectivity index (χ0n) is 13.9. The minimum Gasteiger partial charge on any atom is -0.452 e. The molecule has 0 bridgehead atoms. The van der Waals surface area contributed by atoms with Crippen molar-refractivity contribution in [1.29, 1.82) is 0 Å². The third-order valence-corrected chi connectivity index (χ3v) is 3.73. The highest BCUT2D eigenvalue weighted by atomic mass is 16.5. The molecule has 2 aromatic rings. The van der Waals surface area contributed by atoms with Gasteiger partial charge >= 0.3 is 5.97 Å². The van der Waals surface area contributed by atoms with Gasteiger partial charge in [-0.1, -0.05) is 35.9 Å². The van der Waals surface area contributed by atoms with Gasteiger partial charge in [-0.3, -0.25) is 4.79 Å². The van der Waals surface area contributed by atoms with Crippen LogP contribution in [0.5, 0.6) is 0 Å². The quantitative estimate of drug-likeness (QED) is 0.813. The molecule has 120 valence electrons. The summed E-state index contributed by atoms with van der Waals surface area (Å²) in [4.78, 5) is 25.9. The first kappa shape index (κ1) is 16.7. The molecule has 0 aromatic heterocycles. The fourth-order valence-electron chi connectivity index (χ4n) is 2.59. The maximum atomic E-state index is 12.3. The number of esters is 1. The summed E-state index contributed by atoms with van der Waals surface area (Å²) >= 11 is 0. The lowest BCUT2D eigenvalue weighted by atomic mass is 10.00. The van der Waals surface area contributed by atoms with Crippen molar-refractivity contribution < 1.29 is 14.3 Å². The van der Waals surface area contributed by atoms with Crippen LogP contribution >= 0.6 is 0 Å². The molecular formula is C19H21NO3. The van der Waals surface area contributed by atoms with Gasteiger partial charge < -0.3 is 9.64 Å². The SMILES string of the molecule is Cc1cc(C)c(C(=O)OCC(=O)N(C)c2ccccc2)c(C)c1. The van der Waals surface area contributed by atoms with E-state index in [1.807, 2.05) is 63.2 Å². The van der Waals surface area contributed by atoms with Crippen molar-refractivity contribution in [2.75, 3.05) is 18.6 Å². The van der Waals surface area contributed by atoms with Crippen LogP contribution in [0, 0.1) is 20.8 Å². The van der Waals surface area contributed by atoms with E-state index in [2.05, 4.69) is 0 Å². The van der Waals surface area contributed by atoms with Gasteiger partial charge in [0.15, 0.2) is 6.61 Å². The number of carbonyl (C=O) groups excluding carboxylic acids is 2. The summed E-state index contributed by atoms with van der Waals surface area (Å²) in [6.45, 7) is 5.44. The van der Waals surface area contributed by atoms with Gasteiger partial charge in [0.25, 0.3) is 5.91 Å². The van der Waals surface area contributed by atoms with Crippen LogP contribution in [0.3, 0.4) is 0 Å². The van der Waals surface area contributed by atoms with E-state index in [0.717, 1.165) is 22.4 Å². The van der Waals surface area contributed by atoms with E-state index in [9.17, 15) is 9.59 Å². The van der Waals surface area contributed by atoms with E-state index in [1.165, 1.54) is 4.90 Å². The van der Waals surface area contributed by atoms with Crippen molar-refractivity contribution in [1.82, 2.24) is 0 Å². The first-order valence-electron chi connectivity index (χ1n) is 7.46. The van der Waals surface area contributed by atoms with Gasteiger partial charge in [-0.2, -0.15) is 0 Å². The lowest BCUT2D eigenvalue weighted by Gasteiger charge is -2.17. The van der Waals surface area contributed by atoms with Crippen molar-refractivity contribution in [3.8, 4) is 0 Å². The maximum Gasteiger partial charge on any atom is 0.339 e. The average molecular weight is 311 g/mol. The van der Waals surface area contributed by atoms with E-state index in [0.29, 0.717) is 5.56 Å². The van der Waals surface area contributed by atoms with Gasteiger partial charge in [0.1, 0.15) is 0 Å². The molecule has 2 rings (SSSR count). The molecule has 0 saturated carbocycles. The highest BCUT2D eigenvalue weighted by Crippen LogP contribution is 2.18. The van der Waals surface area contributed by atoms with Crippen LogP contribution in [-0.2, 0) is 9.53 Å². The number of hydrogen-bond acceptors (Lipinski definition) is 3. The van der Waals surface area contributed by atoms with Gasteiger partial charge in [0.05, 0.1) is 5.56 Å².